The lowest BCUT2D eigenvalue weighted by Crippen LogP contribution is -2.14. The van der Waals surface area contributed by atoms with Gasteiger partial charge in [-0.15, -0.1) is 0 Å². The van der Waals surface area contributed by atoms with Crippen molar-refractivity contribution in [2.75, 3.05) is 5.32 Å². The van der Waals surface area contributed by atoms with Gasteiger partial charge in [-0.25, -0.2) is 9.37 Å². The van der Waals surface area contributed by atoms with E-state index >= 15 is 0 Å². The quantitative estimate of drug-likeness (QED) is 0.855. The summed E-state index contributed by atoms with van der Waals surface area (Å²) in [5, 5.41) is 11.9. The normalized spacial score (nSPS) is 10.1. The van der Waals surface area contributed by atoms with Crippen molar-refractivity contribution in [3.05, 3.63) is 53.6 Å². The molecule has 0 spiro atoms. The van der Waals surface area contributed by atoms with Gasteiger partial charge in [0.05, 0.1) is 0 Å². The van der Waals surface area contributed by atoms with Crippen LogP contribution < -0.4 is 5.32 Å². The fourth-order valence-corrected chi connectivity index (χ4v) is 1.57. The Morgan fingerprint density at radius 1 is 1.39 bits per heavy atom. The van der Waals surface area contributed by atoms with Crippen molar-refractivity contribution in [1.29, 1.82) is 0 Å². The standard InChI is InChI=1S/C13H11FN2O2/c1-8-5-9(14)7-10(6-8)16-13(18)12-11(17)3-2-4-15-12/h2-7,17H,1H3,(H,16,18). The predicted octanol–water partition coefficient (Wildman–Crippen LogP) is 2.49. The zero-order valence-corrected chi connectivity index (χ0v) is 9.64. The second kappa shape index (κ2) is 4.83. The molecule has 2 rings (SSSR count). The summed E-state index contributed by atoms with van der Waals surface area (Å²) in [4.78, 5) is 15.6. The van der Waals surface area contributed by atoms with E-state index in [1.165, 1.54) is 30.5 Å². The molecule has 0 saturated heterocycles. The minimum Gasteiger partial charge on any atom is -0.505 e. The maximum absolute atomic E-state index is 13.1. The molecule has 18 heavy (non-hydrogen) atoms. The highest BCUT2D eigenvalue weighted by atomic mass is 19.1. The van der Waals surface area contributed by atoms with Crippen molar-refractivity contribution in [3.63, 3.8) is 0 Å². The Balaban J connectivity index is 2.24. The van der Waals surface area contributed by atoms with Crippen molar-refractivity contribution in [3.8, 4) is 5.75 Å². The number of aromatic nitrogens is 1. The maximum atomic E-state index is 13.1. The van der Waals surface area contributed by atoms with E-state index in [-0.39, 0.29) is 11.4 Å². The zero-order chi connectivity index (χ0) is 13.1. The summed E-state index contributed by atoms with van der Waals surface area (Å²) in [7, 11) is 0. The molecule has 5 heteroatoms. The van der Waals surface area contributed by atoms with Crippen LogP contribution in [0.25, 0.3) is 0 Å². The Kier molecular flexibility index (Phi) is 3.23. The Labute approximate surface area is 103 Å². The van der Waals surface area contributed by atoms with Gasteiger partial charge in [0.1, 0.15) is 11.6 Å². The third-order valence-corrected chi connectivity index (χ3v) is 2.30. The molecule has 0 atom stereocenters. The number of carbonyl (C=O) groups is 1. The number of pyridine rings is 1. The van der Waals surface area contributed by atoms with Crippen molar-refractivity contribution in [1.82, 2.24) is 4.98 Å². The molecule has 2 N–H and O–H groups in total. The molecule has 1 aromatic heterocycles. The molecule has 1 aromatic carbocycles. The minimum absolute atomic E-state index is 0.0978. The van der Waals surface area contributed by atoms with Crippen LogP contribution in [-0.2, 0) is 0 Å². The number of amides is 1. The molecule has 92 valence electrons. The van der Waals surface area contributed by atoms with Gasteiger partial charge in [-0.3, -0.25) is 4.79 Å². The number of halogens is 1. The fraction of sp³-hybridized carbons (Fsp3) is 0.0769. The predicted molar refractivity (Wildman–Crippen MR) is 65.0 cm³/mol. The fourth-order valence-electron chi connectivity index (χ4n) is 1.57. The van der Waals surface area contributed by atoms with Gasteiger partial charge >= 0.3 is 0 Å². The van der Waals surface area contributed by atoms with Crippen molar-refractivity contribution in [2.45, 2.75) is 6.92 Å². The number of hydrogen-bond donors (Lipinski definition) is 2. The van der Waals surface area contributed by atoms with Crippen LogP contribution in [0.4, 0.5) is 10.1 Å². The summed E-state index contributed by atoms with van der Waals surface area (Å²) >= 11 is 0. The summed E-state index contributed by atoms with van der Waals surface area (Å²) in [5.41, 5.74) is 0.914. The van der Waals surface area contributed by atoms with Gasteiger partial charge in [0.15, 0.2) is 5.69 Å². The maximum Gasteiger partial charge on any atom is 0.278 e. The first-order valence-corrected chi connectivity index (χ1v) is 5.29. The monoisotopic (exact) mass is 246 g/mol. The van der Waals surface area contributed by atoms with Gasteiger partial charge in [-0.2, -0.15) is 0 Å². The van der Waals surface area contributed by atoms with E-state index in [9.17, 15) is 14.3 Å². The summed E-state index contributed by atoms with van der Waals surface area (Å²) in [6, 6.07) is 7.05. The topological polar surface area (TPSA) is 62.2 Å². The zero-order valence-electron chi connectivity index (χ0n) is 9.64. The molecule has 0 aliphatic rings. The largest absolute Gasteiger partial charge is 0.505 e. The third-order valence-electron chi connectivity index (χ3n) is 2.30. The molecule has 1 amide bonds. The third kappa shape index (κ3) is 2.63. The van der Waals surface area contributed by atoms with Crippen molar-refractivity contribution < 1.29 is 14.3 Å². The summed E-state index contributed by atoms with van der Waals surface area (Å²) in [5.74, 6) is -1.24. The SMILES string of the molecule is Cc1cc(F)cc(NC(=O)c2ncccc2O)c1. The van der Waals surface area contributed by atoms with E-state index in [2.05, 4.69) is 10.3 Å². The van der Waals surface area contributed by atoms with E-state index in [4.69, 9.17) is 0 Å². The highest BCUT2D eigenvalue weighted by Crippen LogP contribution is 2.17. The second-order valence-electron chi connectivity index (χ2n) is 3.84. The second-order valence-corrected chi connectivity index (χ2v) is 3.84. The minimum atomic E-state index is -0.585. The van der Waals surface area contributed by atoms with Gasteiger partial charge in [-0.05, 0) is 42.8 Å². The number of nitrogens with zero attached hydrogens (tertiary/aromatic N) is 1. The number of anilines is 1. The van der Waals surface area contributed by atoms with Crippen LogP contribution in [0.5, 0.6) is 5.75 Å². The first kappa shape index (κ1) is 12.0. The number of benzene rings is 1. The number of aromatic hydroxyl groups is 1. The van der Waals surface area contributed by atoms with E-state index in [0.29, 0.717) is 11.3 Å². The molecule has 0 aliphatic carbocycles. The van der Waals surface area contributed by atoms with Crippen LogP contribution in [0.3, 0.4) is 0 Å². The molecule has 0 unspecified atom stereocenters. The lowest BCUT2D eigenvalue weighted by molar-refractivity contribution is 0.101. The van der Waals surface area contributed by atoms with Crippen molar-refractivity contribution >= 4 is 11.6 Å². The van der Waals surface area contributed by atoms with E-state index in [1.54, 1.807) is 13.0 Å². The Morgan fingerprint density at radius 3 is 2.83 bits per heavy atom. The molecule has 0 fully saturated rings. The molecule has 1 heterocycles. The highest BCUT2D eigenvalue weighted by Gasteiger charge is 2.12. The highest BCUT2D eigenvalue weighted by molar-refractivity contribution is 6.04. The average Bonchev–Trinajstić information content (AvgIpc) is 2.27. The first-order chi connectivity index (χ1) is 8.56. The number of nitrogens with one attached hydrogen (secondary N) is 1. The lowest BCUT2D eigenvalue weighted by atomic mass is 10.2. The van der Waals surface area contributed by atoms with E-state index in [1.807, 2.05) is 0 Å². The van der Waals surface area contributed by atoms with Crippen LogP contribution >= 0.6 is 0 Å². The molecule has 0 saturated carbocycles. The molecular formula is C13H11FN2O2. The smallest absolute Gasteiger partial charge is 0.278 e. The van der Waals surface area contributed by atoms with Crippen LogP contribution in [0.15, 0.2) is 36.5 Å². The number of hydrogen-bond acceptors (Lipinski definition) is 3. The molecule has 0 aliphatic heterocycles. The van der Waals surface area contributed by atoms with E-state index in [0.717, 1.165) is 0 Å². The lowest BCUT2D eigenvalue weighted by Gasteiger charge is -2.06. The molecule has 4 nitrogen and oxygen atoms in total. The van der Waals surface area contributed by atoms with Gasteiger partial charge < -0.3 is 10.4 Å². The Bertz CT molecular complexity index is 579. The number of carbonyl (C=O) groups excluding carboxylic acids is 1. The Hall–Kier alpha value is -2.43. The van der Waals surface area contributed by atoms with Crippen LogP contribution in [0.1, 0.15) is 16.1 Å². The van der Waals surface area contributed by atoms with Gasteiger partial charge in [0.25, 0.3) is 5.91 Å². The molecule has 2 aromatic rings. The first-order valence-electron chi connectivity index (χ1n) is 5.29. The van der Waals surface area contributed by atoms with Gasteiger partial charge in [0, 0.05) is 11.9 Å². The summed E-state index contributed by atoms with van der Waals surface area (Å²) < 4.78 is 13.1. The van der Waals surface area contributed by atoms with Gasteiger partial charge in [0.2, 0.25) is 0 Å². The summed E-state index contributed by atoms with van der Waals surface area (Å²) in [6.07, 6.45) is 1.39. The van der Waals surface area contributed by atoms with Crippen molar-refractivity contribution in [2.24, 2.45) is 0 Å². The molecule has 0 bridgehead atoms. The Morgan fingerprint density at radius 2 is 2.17 bits per heavy atom. The van der Waals surface area contributed by atoms with Crippen LogP contribution in [0.2, 0.25) is 0 Å². The molecular weight excluding hydrogens is 235 g/mol. The van der Waals surface area contributed by atoms with Gasteiger partial charge in [-0.1, -0.05) is 0 Å². The molecule has 0 radical (unpaired) electrons. The van der Waals surface area contributed by atoms with E-state index < -0.39 is 11.7 Å². The summed E-state index contributed by atoms with van der Waals surface area (Å²) in [6.45, 7) is 1.72. The number of rotatable bonds is 2. The average molecular weight is 246 g/mol. The van der Waals surface area contributed by atoms with Crippen LogP contribution in [-0.4, -0.2) is 16.0 Å². The number of aryl methyl sites for hydroxylation is 1. The van der Waals surface area contributed by atoms with Crippen LogP contribution in [0, 0.1) is 12.7 Å².